The van der Waals surface area contributed by atoms with Gasteiger partial charge in [-0.2, -0.15) is 10.2 Å². The fraction of sp³-hybridized carbons (Fsp3) is 0.516. The molecule has 232 valence electrons. The molecule has 44 heavy (non-hydrogen) atoms. The number of methoxy groups -OCH3 is 1. The number of carbonyl (C=O) groups is 1. The van der Waals surface area contributed by atoms with E-state index in [0.717, 1.165) is 73.9 Å². The molecule has 0 spiro atoms. The second kappa shape index (κ2) is 12.8. The van der Waals surface area contributed by atoms with Crippen LogP contribution in [-0.4, -0.2) is 116 Å². The molecule has 0 saturated carbocycles. The zero-order valence-corrected chi connectivity index (χ0v) is 25.4. The monoisotopic (exact) mass is 601 g/mol. The van der Waals surface area contributed by atoms with Crippen molar-refractivity contribution in [3.63, 3.8) is 0 Å². The van der Waals surface area contributed by atoms with Crippen LogP contribution in [0.5, 0.6) is 0 Å². The Morgan fingerprint density at radius 3 is 2.61 bits per heavy atom. The second-order valence-electron chi connectivity index (χ2n) is 11.7. The minimum Gasteiger partial charge on any atom is -0.442 e. The van der Waals surface area contributed by atoms with E-state index in [4.69, 9.17) is 24.9 Å². The van der Waals surface area contributed by atoms with Crippen molar-refractivity contribution in [2.75, 3.05) is 80.7 Å². The van der Waals surface area contributed by atoms with E-state index in [1.807, 2.05) is 42.2 Å². The van der Waals surface area contributed by atoms with Crippen LogP contribution < -0.4 is 20.4 Å². The lowest BCUT2D eigenvalue weighted by Crippen LogP contribution is -2.54. The highest BCUT2D eigenvalue weighted by Crippen LogP contribution is 2.31. The molecule has 3 aliphatic heterocycles. The van der Waals surface area contributed by atoms with Crippen molar-refractivity contribution < 1.29 is 19.0 Å². The SMILES string of the molecule is CO[C@H]1CN(c2nc(C)cc(N3CCN(C[C@H]4CN(c5ccc(C#N)c6ncccc56)C[C@@H](C)O4)CC3)n2)C[C@@H]1OC(N)=O. The minimum atomic E-state index is -0.816. The molecule has 2 N–H and O–H groups in total. The summed E-state index contributed by atoms with van der Waals surface area (Å²) >= 11 is 0. The Hall–Kier alpha value is -4.25. The highest BCUT2D eigenvalue weighted by molar-refractivity contribution is 5.95. The van der Waals surface area contributed by atoms with Crippen molar-refractivity contribution in [1.29, 1.82) is 5.26 Å². The molecule has 0 aliphatic carbocycles. The largest absolute Gasteiger partial charge is 0.442 e. The molecule has 3 aromatic rings. The Kier molecular flexibility index (Phi) is 8.65. The third-order valence-corrected chi connectivity index (χ3v) is 8.59. The molecule has 1 amide bonds. The number of amides is 1. The molecular formula is C31H39N9O4. The number of hydrogen-bond donors (Lipinski definition) is 1. The van der Waals surface area contributed by atoms with Gasteiger partial charge in [0.15, 0.2) is 0 Å². The van der Waals surface area contributed by atoms with Crippen LogP contribution in [0, 0.1) is 18.3 Å². The number of morpholine rings is 1. The maximum Gasteiger partial charge on any atom is 0.404 e. The van der Waals surface area contributed by atoms with E-state index in [0.29, 0.717) is 24.6 Å². The lowest BCUT2D eigenvalue weighted by Gasteiger charge is -2.42. The quantitative estimate of drug-likeness (QED) is 0.422. The Morgan fingerprint density at radius 1 is 1.07 bits per heavy atom. The lowest BCUT2D eigenvalue weighted by molar-refractivity contribution is -0.0327. The molecule has 2 aromatic heterocycles. The number of fused-ring (bicyclic) bond motifs is 1. The molecule has 0 radical (unpaired) electrons. The molecule has 5 heterocycles. The summed E-state index contributed by atoms with van der Waals surface area (Å²) in [5, 5.41) is 10.6. The van der Waals surface area contributed by atoms with Crippen molar-refractivity contribution in [2.45, 2.75) is 38.3 Å². The van der Waals surface area contributed by atoms with Gasteiger partial charge in [-0.15, -0.1) is 0 Å². The Bertz CT molecular complexity index is 1540. The van der Waals surface area contributed by atoms with E-state index < -0.39 is 12.2 Å². The molecule has 4 atom stereocenters. The summed E-state index contributed by atoms with van der Waals surface area (Å²) in [5.74, 6) is 1.48. The smallest absolute Gasteiger partial charge is 0.404 e. The van der Waals surface area contributed by atoms with Crippen molar-refractivity contribution in [1.82, 2.24) is 19.9 Å². The highest BCUT2D eigenvalue weighted by atomic mass is 16.6. The Morgan fingerprint density at radius 2 is 1.86 bits per heavy atom. The fourth-order valence-corrected chi connectivity index (χ4v) is 6.55. The average Bonchev–Trinajstić information content (AvgIpc) is 3.42. The number of primary amides is 1. The predicted octanol–water partition coefficient (Wildman–Crippen LogP) is 1.92. The van der Waals surface area contributed by atoms with E-state index in [1.54, 1.807) is 13.3 Å². The summed E-state index contributed by atoms with van der Waals surface area (Å²) in [7, 11) is 1.59. The normalized spacial score (nSPS) is 24.5. The number of nitrogens with zero attached hydrogens (tertiary/aromatic N) is 8. The second-order valence-corrected chi connectivity index (χ2v) is 11.7. The van der Waals surface area contributed by atoms with Gasteiger partial charge in [0, 0.05) is 82.0 Å². The maximum absolute atomic E-state index is 11.4. The third kappa shape index (κ3) is 6.33. The van der Waals surface area contributed by atoms with Crippen molar-refractivity contribution in [2.24, 2.45) is 5.73 Å². The lowest BCUT2D eigenvalue weighted by atomic mass is 10.1. The van der Waals surface area contributed by atoms with Crippen LogP contribution in [0.15, 0.2) is 36.5 Å². The first-order valence-corrected chi connectivity index (χ1v) is 15.1. The molecule has 3 aliphatic rings. The zero-order chi connectivity index (χ0) is 30.8. The van der Waals surface area contributed by atoms with E-state index >= 15 is 0 Å². The van der Waals surface area contributed by atoms with Crippen LogP contribution in [0.25, 0.3) is 10.9 Å². The van der Waals surface area contributed by atoms with Gasteiger partial charge >= 0.3 is 6.09 Å². The number of aryl methyl sites for hydroxylation is 1. The molecule has 3 fully saturated rings. The van der Waals surface area contributed by atoms with Crippen LogP contribution in [0.4, 0.5) is 22.2 Å². The average molecular weight is 602 g/mol. The minimum absolute atomic E-state index is 0.0556. The molecule has 1 aromatic carbocycles. The first-order chi connectivity index (χ1) is 21.3. The molecule has 13 nitrogen and oxygen atoms in total. The number of nitriles is 1. The topological polar surface area (TPSA) is 146 Å². The third-order valence-electron chi connectivity index (χ3n) is 8.59. The highest BCUT2D eigenvalue weighted by Gasteiger charge is 2.37. The molecule has 0 bridgehead atoms. The summed E-state index contributed by atoms with van der Waals surface area (Å²) in [6.45, 7) is 10.9. The van der Waals surface area contributed by atoms with Crippen molar-refractivity contribution >= 4 is 34.4 Å². The number of pyridine rings is 1. The van der Waals surface area contributed by atoms with Gasteiger partial charge in [0.05, 0.1) is 36.4 Å². The molecule has 3 saturated heterocycles. The van der Waals surface area contributed by atoms with Gasteiger partial charge in [0.25, 0.3) is 0 Å². The summed E-state index contributed by atoms with van der Waals surface area (Å²) in [6.07, 6.45) is 0.286. The predicted molar refractivity (Wildman–Crippen MR) is 166 cm³/mol. The fourth-order valence-electron chi connectivity index (χ4n) is 6.55. The van der Waals surface area contributed by atoms with E-state index in [9.17, 15) is 10.1 Å². The number of anilines is 3. The number of ether oxygens (including phenoxy) is 3. The van der Waals surface area contributed by atoms with Gasteiger partial charge in [0.1, 0.15) is 24.1 Å². The Balaban J connectivity index is 1.09. The van der Waals surface area contributed by atoms with Gasteiger partial charge in [0.2, 0.25) is 5.95 Å². The van der Waals surface area contributed by atoms with Gasteiger partial charge in [-0.3, -0.25) is 9.88 Å². The van der Waals surface area contributed by atoms with Gasteiger partial charge in [-0.05, 0) is 38.1 Å². The first-order valence-electron chi connectivity index (χ1n) is 15.1. The summed E-state index contributed by atoms with van der Waals surface area (Å²) in [4.78, 5) is 34.5. The van der Waals surface area contributed by atoms with E-state index in [1.165, 1.54) is 0 Å². The number of aromatic nitrogens is 3. The van der Waals surface area contributed by atoms with Crippen LogP contribution in [0.1, 0.15) is 18.2 Å². The van der Waals surface area contributed by atoms with Crippen LogP contribution in [0.2, 0.25) is 0 Å². The van der Waals surface area contributed by atoms with Crippen LogP contribution in [-0.2, 0) is 14.2 Å². The summed E-state index contributed by atoms with van der Waals surface area (Å²) < 4.78 is 17.2. The van der Waals surface area contributed by atoms with E-state index in [2.05, 4.69) is 37.7 Å². The zero-order valence-electron chi connectivity index (χ0n) is 25.4. The van der Waals surface area contributed by atoms with Crippen LogP contribution >= 0.6 is 0 Å². The number of carbonyl (C=O) groups excluding carboxylic acids is 1. The molecule has 0 unspecified atom stereocenters. The maximum atomic E-state index is 11.4. The number of rotatable bonds is 7. The standard InChI is InChI=1S/C31H39N9O4/c1-20-13-28(36-31(35-20)40-18-26(42-3)27(19-40)44-30(33)41)38-11-9-37(10-12-38)16-23-17-39(15-21(2)43-23)25-7-6-22(14-32)29-24(25)5-4-8-34-29/h4-8,13,21,23,26-27H,9-12,15-19H2,1-3H3,(H2,33,41)/t21-,23+,26+,27+/m1/s1. The number of piperazine rings is 1. The van der Waals surface area contributed by atoms with Crippen LogP contribution in [0.3, 0.4) is 0 Å². The summed E-state index contributed by atoms with van der Waals surface area (Å²) in [5.41, 5.74) is 8.55. The van der Waals surface area contributed by atoms with E-state index in [-0.39, 0.29) is 18.3 Å². The first kappa shape index (κ1) is 29.8. The van der Waals surface area contributed by atoms with Gasteiger partial charge < -0.3 is 34.6 Å². The van der Waals surface area contributed by atoms with Crippen molar-refractivity contribution in [3.05, 3.63) is 47.8 Å². The number of hydrogen-bond acceptors (Lipinski definition) is 12. The number of benzene rings is 1. The summed E-state index contributed by atoms with van der Waals surface area (Å²) in [6, 6.07) is 12.2. The molecule has 13 heteroatoms. The molecular weight excluding hydrogens is 562 g/mol. The van der Waals surface area contributed by atoms with Crippen molar-refractivity contribution in [3.8, 4) is 6.07 Å². The number of nitrogens with two attached hydrogens (primary N) is 1. The van der Waals surface area contributed by atoms with Gasteiger partial charge in [-0.1, -0.05) is 0 Å². The van der Waals surface area contributed by atoms with Gasteiger partial charge in [-0.25, -0.2) is 9.78 Å². The Labute approximate surface area is 257 Å². The molecule has 6 rings (SSSR count).